The first-order chi connectivity index (χ1) is 16.1. The smallest absolute Gasteiger partial charge is 0.278 e. The lowest BCUT2D eigenvalue weighted by Crippen LogP contribution is -2.37. The minimum absolute atomic E-state index is 0.00683. The maximum atomic E-state index is 12.8. The molecule has 2 aromatic rings. The number of aliphatic hydroxyl groups excluding tert-OH is 1. The van der Waals surface area contributed by atoms with E-state index in [2.05, 4.69) is 17.4 Å². The van der Waals surface area contributed by atoms with Crippen LogP contribution in [-0.4, -0.2) is 50.1 Å². The molecule has 1 aliphatic rings. The Bertz CT molecular complexity index is 1280. The quantitative estimate of drug-likeness (QED) is 0.436. The monoisotopic (exact) mass is 511 g/mol. The van der Waals surface area contributed by atoms with Crippen molar-refractivity contribution in [1.82, 2.24) is 9.46 Å². The van der Waals surface area contributed by atoms with Crippen LogP contribution in [0.1, 0.15) is 56.8 Å². The number of benzene rings is 1. The van der Waals surface area contributed by atoms with Gasteiger partial charge in [-0.1, -0.05) is 56.3 Å². The Kier molecular flexibility index (Phi) is 8.03. The molecule has 0 atom stereocenters. The molecule has 0 spiro atoms. The van der Waals surface area contributed by atoms with Gasteiger partial charge >= 0.3 is 0 Å². The van der Waals surface area contributed by atoms with Gasteiger partial charge in [0, 0.05) is 18.7 Å². The van der Waals surface area contributed by atoms with E-state index in [1.807, 2.05) is 0 Å². The molecule has 2 N–H and O–H groups in total. The van der Waals surface area contributed by atoms with Gasteiger partial charge in [0.2, 0.25) is 0 Å². The van der Waals surface area contributed by atoms with Gasteiger partial charge in [-0.15, -0.1) is 0 Å². The second-order valence-corrected chi connectivity index (χ2v) is 12.3. The second-order valence-electron chi connectivity index (χ2n) is 8.16. The molecule has 186 valence electrons. The molecule has 2 heterocycles. The van der Waals surface area contributed by atoms with E-state index in [0.717, 1.165) is 39.2 Å². The summed E-state index contributed by atoms with van der Waals surface area (Å²) in [7, 11) is -6.30. The number of hydrogen-bond acceptors (Lipinski definition) is 8. The highest BCUT2D eigenvalue weighted by Crippen LogP contribution is 2.34. The molecule has 1 aromatic heterocycles. The van der Waals surface area contributed by atoms with Gasteiger partial charge in [-0.25, -0.2) is 16.8 Å². The summed E-state index contributed by atoms with van der Waals surface area (Å²) in [5, 5.41) is 16.6. The summed E-state index contributed by atoms with van der Waals surface area (Å²) in [4.78, 5) is 12.7. The Morgan fingerprint density at radius 2 is 1.82 bits per heavy atom. The number of carbonyl (C=O) groups excluding carboxylic acids is 1. The van der Waals surface area contributed by atoms with Crippen molar-refractivity contribution in [2.45, 2.75) is 56.1 Å². The topological polar surface area (TPSA) is 147 Å². The van der Waals surface area contributed by atoms with Crippen molar-refractivity contribution < 1.29 is 31.3 Å². The molecular weight excluding hydrogens is 482 g/mol. The summed E-state index contributed by atoms with van der Waals surface area (Å²) in [6.45, 7) is 2.12. The Morgan fingerprint density at radius 1 is 1.15 bits per heavy atom. The predicted molar refractivity (Wildman–Crippen MR) is 127 cm³/mol. The maximum Gasteiger partial charge on any atom is 0.278 e. The van der Waals surface area contributed by atoms with Gasteiger partial charge in [-0.05, 0) is 18.6 Å². The average Bonchev–Trinajstić information content (AvgIpc) is 3.21. The Labute approximate surface area is 199 Å². The van der Waals surface area contributed by atoms with Crippen LogP contribution in [0.5, 0.6) is 0 Å². The van der Waals surface area contributed by atoms with Crippen molar-refractivity contribution >= 4 is 37.3 Å². The predicted octanol–water partition coefficient (Wildman–Crippen LogP) is 3.45. The van der Waals surface area contributed by atoms with Crippen LogP contribution in [0.15, 0.2) is 45.4 Å². The number of hydrogen-bond donors (Lipinski definition) is 2. The first-order valence-corrected chi connectivity index (χ1v) is 14.3. The number of unbranched alkanes of at least 4 members (excludes halogenated alkanes) is 5. The zero-order valence-corrected chi connectivity index (χ0v) is 20.8. The first-order valence-electron chi connectivity index (χ1n) is 11.1. The number of rotatable bonds is 11. The van der Waals surface area contributed by atoms with Crippen LogP contribution < -0.4 is 5.32 Å². The normalized spacial score (nSPS) is 15.3. The lowest BCUT2D eigenvalue weighted by molar-refractivity contribution is -0.113. The van der Waals surface area contributed by atoms with Gasteiger partial charge in [0.25, 0.3) is 15.9 Å². The number of aliphatic hydroxyl groups is 1. The Morgan fingerprint density at radius 3 is 2.56 bits per heavy atom. The Hall–Kier alpha value is -2.86. The first kappa shape index (κ1) is 25.8. The Balaban J connectivity index is 1.67. The summed E-state index contributed by atoms with van der Waals surface area (Å²) in [5.74, 6) is -1.82. The molecule has 0 saturated carbocycles. The van der Waals surface area contributed by atoms with E-state index in [0.29, 0.717) is 10.7 Å². The third-order valence-corrected chi connectivity index (χ3v) is 8.96. The number of fused-ring (bicyclic) bond motifs is 1. The van der Waals surface area contributed by atoms with E-state index >= 15 is 0 Å². The molecule has 0 radical (unpaired) electrons. The van der Waals surface area contributed by atoms with Crippen LogP contribution >= 0.6 is 0 Å². The van der Waals surface area contributed by atoms with Gasteiger partial charge < -0.3 is 14.9 Å². The molecule has 0 saturated heterocycles. The van der Waals surface area contributed by atoms with Crippen LogP contribution in [0, 0.1) is 0 Å². The molecule has 1 amide bonds. The van der Waals surface area contributed by atoms with Gasteiger partial charge in [-0.2, -0.15) is 0 Å². The largest absolute Gasteiger partial charge is 0.505 e. The summed E-state index contributed by atoms with van der Waals surface area (Å²) in [5.41, 5.74) is -0.480. The van der Waals surface area contributed by atoms with Gasteiger partial charge in [0.1, 0.15) is 5.75 Å². The standard InChI is InChI=1S/C22H29N3O7S2/c1-3-4-5-6-7-10-13-33(28,29)15-16-14-19(24-32-16)23-22(27)20-21(26)17-11-8-9-12-18(17)34(30,31)25(20)2/h8-9,11-12,14,26H,3-7,10,13,15H2,1-2H3,(H,23,24,27). The molecule has 0 bridgehead atoms. The SMILES string of the molecule is CCCCCCCCS(=O)(=O)Cc1cc(NC(=O)C2=C(O)c3ccccc3S(=O)(=O)N2C)no1. The zero-order chi connectivity index (χ0) is 24.9. The van der Waals surface area contributed by atoms with Crippen molar-refractivity contribution in [2.75, 3.05) is 18.1 Å². The highest BCUT2D eigenvalue weighted by molar-refractivity contribution is 7.90. The van der Waals surface area contributed by atoms with Gasteiger partial charge in [-0.3, -0.25) is 9.10 Å². The number of sulfonamides is 1. The van der Waals surface area contributed by atoms with Crippen molar-refractivity contribution in [2.24, 2.45) is 0 Å². The number of likely N-dealkylation sites (N-methyl/N-ethyl adjacent to an activating group) is 1. The van der Waals surface area contributed by atoms with E-state index in [-0.39, 0.29) is 33.5 Å². The summed E-state index contributed by atoms with van der Waals surface area (Å²) in [6.07, 6.45) is 5.77. The second kappa shape index (κ2) is 10.6. The maximum absolute atomic E-state index is 12.8. The van der Waals surface area contributed by atoms with E-state index < -0.39 is 37.2 Å². The number of sulfone groups is 1. The number of anilines is 1. The third-order valence-electron chi connectivity index (χ3n) is 5.51. The molecular formula is C22H29N3O7S2. The van der Waals surface area contributed by atoms with Crippen molar-refractivity contribution in [3.8, 4) is 0 Å². The molecule has 1 aliphatic heterocycles. The van der Waals surface area contributed by atoms with E-state index in [9.17, 15) is 26.7 Å². The fourth-order valence-electron chi connectivity index (χ4n) is 3.69. The lowest BCUT2D eigenvalue weighted by Gasteiger charge is -2.28. The van der Waals surface area contributed by atoms with E-state index in [4.69, 9.17) is 4.52 Å². The van der Waals surface area contributed by atoms with Crippen LogP contribution in [0.3, 0.4) is 0 Å². The van der Waals surface area contributed by atoms with Gasteiger partial charge in [0.05, 0.1) is 10.6 Å². The van der Waals surface area contributed by atoms with Crippen LogP contribution in [0.2, 0.25) is 0 Å². The molecule has 3 rings (SSSR count). The van der Waals surface area contributed by atoms with E-state index in [1.165, 1.54) is 24.3 Å². The van der Waals surface area contributed by atoms with Crippen molar-refractivity contribution in [3.05, 3.63) is 47.4 Å². The molecule has 0 aliphatic carbocycles. The fourth-order valence-corrected chi connectivity index (χ4v) is 6.44. The highest BCUT2D eigenvalue weighted by atomic mass is 32.2. The summed E-state index contributed by atoms with van der Waals surface area (Å²) >= 11 is 0. The van der Waals surface area contributed by atoms with Crippen LogP contribution in [0.25, 0.3) is 5.76 Å². The molecule has 12 heteroatoms. The zero-order valence-electron chi connectivity index (χ0n) is 19.2. The number of carbonyl (C=O) groups is 1. The minimum Gasteiger partial charge on any atom is -0.505 e. The van der Waals surface area contributed by atoms with Crippen molar-refractivity contribution in [3.63, 3.8) is 0 Å². The molecule has 1 aromatic carbocycles. The summed E-state index contributed by atoms with van der Waals surface area (Å²) < 4.78 is 55.9. The van der Waals surface area contributed by atoms with Crippen LogP contribution in [0.4, 0.5) is 5.82 Å². The van der Waals surface area contributed by atoms with E-state index in [1.54, 1.807) is 6.07 Å². The number of nitrogens with zero attached hydrogens (tertiary/aromatic N) is 2. The molecule has 10 nitrogen and oxygen atoms in total. The molecule has 0 fully saturated rings. The minimum atomic E-state index is -4.04. The molecule has 0 unspecified atom stereocenters. The van der Waals surface area contributed by atoms with Gasteiger partial charge in [0.15, 0.2) is 32.9 Å². The highest BCUT2D eigenvalue weighted by Gasteiger charge is 2.38. The van der Waals surface area contributed by atoms with Crippen molar-refractivity contribution in [1.29, 1.82) is 0 Å². The lowest BCUT2D eigenvalue weighted by atomic mass is 10.1. The number of nitrogens with one attached hydrogen (secondary N) is 1. The fraction of sp³-hybridized carbons (Fsp3) is 0.455. The number of aromatic nitrogens is 1. The molecule has 34 heavy (non-hydrogen) atoms. The third kappa shape index (κ3) is 5.79. The summed E-state index contributed by atoms with van der Waals surface area (Å²) in [6, 6.07) is 7.05. The average molecular weight is 512 g/mol. The number of amides is 1. The van der Waals surface area contributed by atoms with Crippen LogP contribution in [-0.2, 0) is 30.4 Å².